The summed E-state index contributed by atoms with van der Waals surface area (Å²) < 4.78 is 0. The van der Waals surface area contributed by atoms with E-state index >= 15 is 0 Å². The predicted octanol–water partition coefficient (Wildman–Crippen LogP) is 4.96. The first-order chi connectivity index (χ1) is 11.6. The number of aliphatic imine (C=N–C) groups is 1. The van der Waals surface area contributed by atoms with Crippen molar-refractivity contribution in [2.45, 2.75) is 6.92 Å². The van der Waals surface area contributed by atoms with E-state index < -0.39 is 0 Å². The van der Waals surface area contributed by atoms with Gasteiger partial charge in [0.1, 0.15) is 0 Å². The van der Waals surface area contributed by atoms with Gasteiger partial charge in [-0.3, -0.25) is 4.99 Å². The molecule has 1 aromatic heterocycles. The molecule has 0 spiro atoms. The number of hydrogen-bond donors (Lipinski definition) is 0. The summed E-state index contributed by atoms with van der Waals surface area (Å²) >= 11 is 0. The molecular formula is C21H21N3. The van der Waals surface area contributed by atoms with E-state index in [0.29, 0.717) is 0 Å². The Balaban J connectivity index is 2.07. The minimum absolute atomic E-state index is 0.893. The molecular weight excluding hydrogens is 294 g/mol. The van der Waals surface area contributed by atoms with E-state index in [2.05, 4.69) is 29.2 Å². The van der Waals surface area contributed by atoms with Gasteiger partial charge in [0.2, 0.25) is 0 Å². The Labute approximate surface area is 143 Å². The van der Waals surface area contributed by atoms with Gasteiger partial charge in [-0.05, 0) is 31.2 Å². The first-order valence-corrected chi connectivity index (χ1v) is 7.99. The molecule has 0 aliphatic rings. The van der Waals surface area contributed by atoms with Gasteiger partial charge in [0.25, 0.3) is 0 Å². The monoisotopic (exact) mass is 315 g/mol. The summed E-state index contributed by atoms with van der Waals surface area (Å²) in [5.74, 6) is 0. The van der Waals surface area contributed by atoms with Crippen LogP contribution in [-0.4, -0.2) is 24.8 Å². The molecule has 3 nitrogen and oxygen atoms in total. The van der Waals surface area contributed by atoms with Crippen molar-refractivity contribution in [1.82, 2.24) is 4.98 Å². The number of anilines is 1. The van der Waals surface area contributed by atoms with Crippen molar-refractivity contribution < 1.29 is 0 Å². The van der Waals surface area contributed by atoms with Gasteiger partial charge < -0.3 is 4.90 Å². The molecule has 0 saturated carbocycles. The number of hydrogen-bond acceptors (Lipinski definition) is 3. The largest absolute Gasteiger partial charge is 0.378 e. The van der Waals surface area contributed by atoms with Crippen molar-refractivity contribution in [3.63, 3.8) is 0 Å². The van der Waals surface area contributed by atoms with Crippen LogP contribution in [0.1, 0.15) is 12.6 Å². The van der Waals surface area contributed by atoms with E-state index in [9.17, 15) is 0 Å². The number of pyridine rings is 1. The molecule has 3 rings (SSSR count). The van der Waals surface area contributed by atoms with Crippen LogP contribution in [0.3, 0.4) is 0 Å². The quantitative estimate of drug-likeness (QED) is 0.637. The minimum atomic E-state index is 0.893. The van der Waals surface area contributed by atoms with Crippen molar-refractivity contribution in [3.8, 4) is 11.3 Å². The Morgan fingerprint density at radius 1 is 0.875 bits per heavy atom. The number of para-hydroxylation sites is 1. The second-order valence-corrected chi connectivity index (χ2v) is 5.89. The first kappa shape index (κ1) is 15.9. The van der Waals surface area contributed by atoms with E-state index in [1.54, 1.807) is 0 Å². The molecule has 0 atom stereocenters. The lowest BCUT2D eigenvalue weighted by atomic mass is 10.1. The van der Waals surface area contributed by atoms with Gasteiger partial charge in [-0.2, -0.15) is 0 Å². The molecule has 0 aliphatic carbocycles. The molecule has 120 valence electrons. The van der Waals surface area contributed by atoms with Crippen LogP contribution in [0.5, 0.6) is 0 Å². The predicted molar refractivity (Wildman–Crippen MR) is 102 cm³/mol. The molecule has 1 heterocycles. The molecule has 3 aromatic rings. The summed E-state index contributed by atoms with van der Waals surface area (Å²) in [4.78, 5) is 11.6. The third-order valence-electron chi connectivity index (χ3n) is 3.82. The van der Waals surface area contributed by atoms with Crippen molar-refractivity contribution in [2.24, 2.45) is 4.99 Å². The highest BCUT2D eigenvalue weighted by atomic mass is 15.1. The zero-order valence-corrected chi connectivity index (χ0v) is 14.3. The SMILES string of the molecule is CC(=Nc1ccccc1)c1cc(N(C)C)cc(-c2ccccc2)n1. The normalized spacial score (nSPS) is 11.4. The van der Waals surface area contributed by atoms with Crippen LogP contribution in [0.25, 0.3) is 11.3 Å². The van der Waals surface area contributed by atoms with Gasteiger partial charge in [0.15, 0.2) is 0 Å². The summed E-state index contributed by atoms with van der Waals surface area (Å²) in [6, 6.07) is 24.4. The van der Waals surface area contributed by atoms with Crippen LogP contribution in [0.4, 0.5) is 11.4 Å². The molecule has 0 unspecified atom stereocenters. The Kier molecular flexibility index (Phi) is 4.71. The number of rotatable bonds is 4. The standard InChI is InChI=1S/C21H21N3/c1-16(22-18-12-8-5-9-13-18)20-14-19(24(2)3)15-21(23-20)17-10-6-4-7-11-17/h4-15H,1-3H3. The lowest BCUT2D eigenvalue weighted by molar-refractivity contribution is 1.12. The number of aromatic nitrogens is 1. The topological polar surface area (TPSA) is 28.5 Å². The molecule has 0 amide bonds. The number of benzene rings is 2. The lowest BCUT2D eigenvalue weighted by Crippen LogP contribution is -2.11. The Hall–Kier alpha value is -2.94. The molecule has 3 heteroatoms. The molecule has 0 N–H and O–H groups in total. The van der Waals surface area contributed by atoms with Crippen molar-refractivity contribution in [1.29, 1.82) is 0 Å². The number of nitrogens with zero attached hydrogens (tertiary/aromatic N) is 3. The Morgan fingerprint density at radius 3 is 2.12 bits per heavy atom. The summed E-state index contributed by atoms with van der Waals surface area (Å²) in [6.07, 6.45) is 0. The highest BCUT2D eigenvalue weighted by molar-refractivity contribution is 5.99. The summed E-state index contributed by atoms with van der Waals surface area (Å²) in [6.45, 7) is 2.00. The zero-order chi connectivity index (χ0) is 16.9. The van der Waals surface area contributed by atoms with Crippen LogP contribution in [0.2, 0.25) is 0 Å². The van der Waals surface area contributed by atoms with Crippen molar-refractivity contribution in [2.75, 3.05) is 19.0 Å². The van der Waals surface area contributed by atoms with Crippen LogP contribution in [0, 0.1) is 0 Å². The van der Waals surface area contributed by atoms with Crippen LogP contribution < -0.4 is 4.90 Å². The van der Waals surface area contributed by atoms with Gasteiger partial charge in [-0.25, -0.2) is 4.98 Å². The van der Waals surface area contributed by atoms with Crippen molar-refractivity contribution >= 4 is 17.1 Å². The average molecular weight is 315 g/mol. The smallest absolute Gasteiger partial charge is 0.0869 e. The maximum absolute atomic E-state index is 4.82. The van der Waals surface area contributed by atoms with E-state index in [1.807, 2.05) is 69.6 Å². The van der Waals surface area contributed by atoms with E-state index in [0.717, 1.165) is 34.0 Å². The minimum Gasteiger partial charge on any atom is -0.378 e. The molecule has 0 aliphatic heterocycles. The maximum atomic E-state index is 4.82. The lowest BCUT2D eigenvalue weighted by Gasteiger charge is -2.15. The molecule has 0 bridgehead atoms. The zero-order valence-electron chi connectivity index (χ0n) is 14.3. The fourth-order valence-corrected chi connectivity index (χ4v) is 2.47. The second-order valence-electron chi connectivity index (χ2n) is 5.89. The third-order valence-corrected chi connectivity index (χ3v) is 3.82. The second kappa shape index (κ2) is 7.09. The summed E-state index contributed by atoms with van der Waals surface area (Å²) in [5.41, 5.74) is 5.91. The highest BCUT2D eigenvalue weighted by Crippen LogP contribution is 2.24. The van der Waals surface area contributed by atoms with Gasteiger partial charge in [0.05, 0.1) is 22.8 Å². The van der Waals surface area contributed by atoms with Gasteiger partial charge in [-0.1, -0.05) is 48.5 Å². The summed E-state index contributed by atoms with van der Waals surface area (Å²) in [5, 5.41) is 0. The summed E-state index contributed by atoms with van der Waals surface area (Å²) in [7, 11) is 4.08. The molecule has 2 aromatic carbocycles. The molecule has 0 saturated heterocycles. The highest BCUT2D eigenvalue weighted by Gasteiger charge is 2.09. The van der Waals surface area contributed by atoms with E-state index in [4.69, 9.17) is 9.98 Å². The fraction of sp³-hybridized carbons (Fsp3) is 0.143. The third kappa shape index (κ3) is 3.69. The van der Waals surface area contributed by atoms with E-state index in [1.165, 1.54) is 0 Å². The van der Waals surface area contributed by atoms with Crippen LogP contribution in [-0.2, 0) is 0 Å². The van der Waals surface area contributed by atoms with Crippen LogP contribution >= 0.6 is 0 Å². The Bertz CT molecular complexity index is 837. The Morgan fingerprint density at radius 2 is 1.50 bits per heavy atom. The van der Waals surface area contributed by atoms with Gasteiger partial charge >= 0.3 is 0 Å². The van der Waals surface area contributed by atoms with Crippen molar-refractivity contribution in [3.05, 3.63) is 78.5 Å². The molecule has 0 radical (unpaired) electrons. The maximum Gasteiger partial charge on any atom is 0.0869 e. The van der Waals surface area contributed by atoms with E-state index in [-0.39, 0.29) is 0 Å². The molecule has 0 fully saturated rings. The van der Waals surface area contributed by atoms with Gasteiger partial charge in [-0.15, -0.1) is 0 Å². The molecule has 24 heavy (non-hydrogen) atoms. The fourth-order valence-electron chi connectivity index (χ4n) is 2.47. The first-order valence-electron chi connectivity index (χ1n) is 7.99. The average Bonchev–Trinajstić information content (AvgIpc) is 2.63. The van der Waals surface area contributed by atoms with Gasteiger partial charge in [0, 0.05) is 25.3 Å². The van der Waals surface area contributed by atoms with Crippen LogP contribution in [0.15, 0.2) is 77.8 Å².